The molecular weight excluding hydrogens is 270 g/mol. The highest BCUT2D eigenvalue weighted by Crippen LogP contribution is 2.51. The van der Waals surface area contributed by atoms with Crippen molar-refractivity contribution < 1.29 is 9.53 Å². The summed E-state index contributed by atoms with van der Waals surface area (Å²) in [5, 5.41) is 0. The third kappa shape index (κ3) is 1.68. The van der Waals surface area contributed by atoms with Crippen LogP contribution in [-0.2, 0) is 10.3 Å². The number of ether oxygens (including phenoxy) is 1. The van der Waals surface area contributed by atoms with Crippen LogP contribution in [0.1, 0.15) is 24.0 Å². The molecule has 1 fully saturated rings. The van der Waals surface area contributed by atoms with Crippen LogP contribution in [0, 0.1) is 6.92 Å². The number of hydrogen-bond donors (Lipinski definition) is 0. The second-order valence-corrected chi connectivity index (χ2v) is 4.78. The largest absolute Gasteiger partial charge is 0.496 e. The Hall–Kier alpha value is -1.12. The molecule has 3 nitrogen and oxygen atoms in total. The lowest BCUT2D eigenvalue weighted by molar-refractivity contribution is 0.411. The Bertz CT molecular complexity index is 474. The Morgan fingerprint density at radius 2 is 2.19 bits per heavy atom. The van der Waals surface area contributed by atoms with Crippen LogP contribution >= 0.6 is 15.9 Å². The number of benzene rings is 1. The highest BCUT2D eigenvalue weighted by molar-refractivity contribution is 9.10. The van der Waals surface area contributed by atoms with E-state index < -0.39 is 0 Å². The maximum Gasteiger partial charge on any atom is 0.235 e. The van der Waals surface area contributed by atoms with Crippen molar-refractivity contribution in [2.75, 3.05) is 7.11 Å². The topological polar surface area (TPSA) is 38.7 Å². The van der Waals surface area contributed by atoms with E-state index >= 15 is 0 Å². The molecule has 1 aromatic rings. The molecule has 1 aliphatic rings. The minimum Gasteiger partial charge on any atom is -0.496 e. The van der Waals surface area contributed by atoms with E-state index in [0.717, 1.165) is 34.2 Å². The number of rotatable bonds is 3. The zero-order valence-electron chi connectivity index (χ0n) is 9.21. The van der Waals surface area contributed by atoms with Crippen molar-refractivity contribution in [2.24, 2.45) is 4.99 Å². The number of hydrogen-bond acceptors (Lipinski definition) is 3. The van der Waals surface area contributed by atoms with E-state index in [-0.39, 0.29) is 5.54 Å². The Morgan fingerprint density at radius 3 is 2.69 bits per heavy atom. The molecule has 0 unspecified atom stereocenters. The maximum absolute atomic E-state index is 10.4. The van der Waals surface area contributed by atoms with E-state index in [1.165, 1.54) is 0 Å². The van der Waals surface area contributed by atoms with Gasteiger partial charge < -0.3 is 4.74 Å². The summed E-state index contributed by atoms with van der Waals surface area (Å²) in [5.74, 6) is 0.798. The molecular formula is C12H12BrNO2. The van der Waals surface area contributed by atoms with Gasteiger partial charge in [-0.3, -0.25) is 0 Å². The molecule has 16 heavy (non-hydrogen) atoms. The normalized spacial score (nSPS) is 16.4. The molecule has 1 aliphatic carbocycles. The Labute approximate surface area is 103 Å². The summed E-state index contributed by atoms with van der Waals surface area (Å²) < 4.78 is 6.15. The fourth-order valence-electron chi connectivity index (χ4n) is 1.97. The second-order valence-electron chi connectivity index (χ2n) is 3.99. The van der Waals surface area contributed by atoms with E-state index in [4.69, 9.17) is 4.74 Å². The van der Waals surface area contributed by atoms with Crippen molar-refractivity contribution >= 4 is 22.0 Å². The molecule has 4 heteroatoms. The van der Waals surface area contributed by atoms with E-state index in [9.17, 15) is 4.79 Å². The van der Waals surface area contributed by atoms with Gasteiger partial charge in [0.05, 0.1) is 17.1 Å². The van der Waals surface area contributed by atoms with Crippen LogP contribution in [0.2, 0.25) is 0 Å². The van der Waals surface area contributed by atoms with E-state index in [0.29, 0.717) is 0 Å². The molecule has 0 N–H and O–H groups in total. The van der Waals surface area contributed by atoms with Crippen LogP contribution < -0.4 is 4.74 Å². The van der Waals surface area contributed by atoms with Crippen molar-refractivity contribution in [1.29, 1.82) is 0 Å². The van der Waals surface area contributed by atoms with Crippen molar-refractivity contribution in [2.45, 2.75) is 25.3 Å². The van der Waals surface area contributed by atoms with Gasteiger partial charge in [-0.15, -0.1) is 0 Å². The molecule has 0 heterocycles. The first kappa shape index (κ1) is 11.4. The average Bonchev–Trinajstić information content (AvgIpc) is 3.03. The number of halogens is 1. The minimum absolute atomic E-state index is 0.319. The lowest BCUT2D eigenvalue weighted by Crippen LogP contribution is -2.05. The molecule has 0 spiro atoms. The van der Waals surface area contributed by atoms with E-state index in [1.807, 2.05) is 19.1 Å². The molecule has 0 amide bonds. The summed E-state index contributed by atoms with van der Waals surface area (Å²) in [7, 11) is 1.63. The number of nitrogens with zero attached hydrogens (tertiary/aromatic N) is 1. The fourth-order valence-corrected chi connectivity index (χ4v) is 2.48. The van der Waals surface area contributed by atoms with Crippen molar-refractivity contribution in [3.05, 3.63) is 27.7 Å². The first-order valence-electron chi connectivity index (χ1n) is 5.07. The van der Waals surface area contributed by atoms with Gasteiger partial charge >= 0.3 is 0 Å². The highest BCUT2D eigenvalue weighted by Gasteiger charge is 2.46. The van der Waals surface area contributed by atoms with Crippen LogP contribution in [0.4, 0.5) is 0 Å². The summed E-state index contributed by atoms with van der Waals surface area (Å²) in [5.41, 5.74) is 1.85. The predicted molar refractivity (Wildman–Crippen MR) is 64.5 cm³/mol. The fraction of sp³-hybridized carbons (Fsp3) is 0.417. The first-order chi connectivity index (χ1) is 7.64. The Balaban J connectivity index is 2.52. The van der Waals surface area contributed by atoms with Gasteiger partial charge in [-0.1, -0.05) is 6.07 Å². The number of aliphatic imine (C=N–C) groups is 1. The zero-order valence-corrected chi connectivity index (χ0v) is 10.8. The summed E-state index contributed by atoms with van der Waals surface area (Å²) in [6.07, 6.45) is 3.51. The Morgan fingerprint density at radius 1 is 1.50 bits per heavy atom. The van der Waals surface area contributed by atoms with Gasteiger partial charge in [0, 0.05) is 0 Å². The molecule has 1 saturated carbocycles. The third-order valence-corrected chi connectivity index (χ3v) is 4.04. The summed E-state index contributed by atoms with van der Waals surface area (Å²) >= 11 is 3.50. The Kier molecular flexibility index (Phi) is 2.87. The average molecular weight is 282 g/mol. The SMILES string of the molecule is COc1ccc(C2(N=C=O)CC2)c(C)c1Br. The van der Waals surface area contributed by atoms with Gasteiger partial charge in [0.25, 0.3) is 0 Å². The predicted octanol–water partition coefficient (Wildman–Crippen LogP) is 3.09. The van der Waals surface area contributed by atoms with Crippen LogP contribution in [0.5, 0.6) is 5.75 Å². The minimum atomic E-state index is -0.319. The van der Waals surface area contributed by atoms with Gasteiger partial charge in [-0.05, 0) is 52.9 Å². The molecule has 0 bridgehead atoms. The van der Waals surface area contributed by atoms with Gasteiger partial charge in [0.2, 0.25) is 6.08 Å². The van der Waals surface area contributed by atoms with Crippen LogP contribution in [0.15, 0.2) is 21.6 Å². The second kappa shape index (κ2) is 4.04. The standard InChI is InChI=1S/C12H12BrNO2/c1-8-9(12(5-6-12)14-7-15)3-4-10(16-2)11(8)13/h3-4H,5-6H2,1-2H3. The van der Waals surface area contributed by atoms with Gasteiger partial charge in [0.1, 0.15) is 5.75 Å². The smallest absolute Gasteiger partial charge is 0.235 e. The van der Waals surface area contributed by atoms with Crippen LogP contribution in [0.3, 0.4) is 0 Å². The molecule has 2 rings (SSSR count). The van der Waals surface area contributed by atoms with Crippen LogP contribution in [0.25, 0.3) is 0 Å². The highest BCUT2D eigenvalue weighted by atomic mass is 79.9. The van der Waals surface area contributed by atoms with Crippen molar-refractivity contribution in [3.63, 3.8) is 0 Å². The summed E-state index contributed by atoms with van der Waals surface area (Å²) in [4.78, 5) is 14.4. The summed E-state index contributed by atoms with van der Waals surface area (Å²) in [6.45, 7) is 2.00. The van der Waals surface area contributed by atoms with Crippen molar-refractivity contribution in [3.8, 4) is 5.75 Å². The quantitative estimate of drug-likeness (QED) is 0.631. The maximum atomic E-state index is 10.4. The molecule has 1 aromatic carbocycles. The molecule has 0 saturated heterocycles. The molecule has 0 aliphatic heterocycles. The zero-order chi connectivity index (χ0) is 11.8. The number of isocyanates is 1. The third-order valence-electron chi connectivity index (χ3n) is 3.06. The number of carbonyl (C=O) groups excluding carboxylic acids is 1. The van der Waals surface area contributed by atoms with Gasteiger partial charge in [-0.25, -0.2) is 4.79 Å². The molecule has 0 aromatic heterocycles. The van der Waals surface area contributed by atoms with Gasteiger partial charge in [0.15, 0.2) is 0 Å². The van der Waals surface area contributed by atoms with E-state index in [2.05, 4.69) is 20.9 Å². The molecule has 0 atom stereocenters. The van der Waals surface area contributed by atoms with Crippen molar-refractivity contribution in [1.82, 2.24) is 0 Å². The lowest BCUT2D eigenvalue weighted by Gasteiger charge is -2.15. The van der Waals surface area contributed by atoms with Gasteiger partial charge in [-0.2, -0.15) is 4.99 Å². The number of methoxy groups -OCH3 is 1. The molecule has 0 radical (unpaired) electrons. The summed E-state index contributed by atoms with van der Waals surface area (Å²) in [6, 6.07) is 3.87. The van der Waals surface area contributed by atoms with Crippen LogP contribution in [-0.4, -0.2) is 13.2 Å². The molecule has 84 valence electrons. The van der Waals surface area contributed by atoms with E-state index in [1.54, 1.807) is 13.2 Å². The lowest BCUT2D eigenvalue weighted by atomic mass is 9.99. The monoisotopic (exact) mass is 281 g/mol. The first-order valence-corrected chi connectivity index (χ1v) is 5.86.